The molecule has 2 nitrogen and oxygen atoms in total. The van der Waals surface area contributed by atoms with E-state index in [-0.39, 0.29) is 6.42 Å². The zero-order valence-electron chi connectivity index (χ0n) is 10.2. The Labute approximate surface area is 119 Å². The molecule has 0 spiro atoms. The largest absolute Gasteiger partial charge is 0.392 e. The van der Waals surface area contributed by atoms with E-state index in [0.717, 1.165) is 6.42 Å². The highest BCUT2D eigenvalue weighted by molar-refractivity contribution is 7.10. The van der Waals surface area contributed by atoms with Crippen LogP contribution in [-0.2, 0) is 0 Å². The summed E-state index contributed by atoms with van der Waals surface area (Å²) < 4.78 is 39.4. The van der Waals surface area contributed by atoms with Crippen LogP contribution < -0.4 is 11.3 Å². The zero-order valence-corrected chi connectivity index (χ0v) is 11.8. The number of thiophene rings is 1. The van der Waals surface area contributed by atoms with Crippen molar-refractivity contribution in [2.75, 3.05) is 0 Å². The van der Waals surface area contributed by atoms with Gasteiger partial charge in [-0.3, -0.25) is 11.3 Å². The number of hydrogen-bond donors (Lipinski definition) is 2. The number of halogens is 4. The van der Waals surface area contributed by atoms with Crippen LogP contribution in [0, 0.1) is 11.8 Å². The van der Waals surface area contributed by atoms with Crippen molar-refractivity contribution in [3.05, 3.63) is 21.3 Å². The van der Waals surface area contributed by atoms with Gasteiger partial charge in [0.1, 0.15) is 0 Å². The molecule has 108 valence electrons. The summed E-state index contributed by atoms with van der Waals surface area (Å²) >= 11 is 7.37. The standard InChI is InChI=1S/C12H16ClF3N2S/c13-9-5-6-19-11(9)10(18-17)7-3-1-2-4-8(7)12(14,15)16/h5-8,10,18H,1-4,17H2. The number of rotatable bonds is 3. The molecule has 1 heterocycles. The lowest BCUT2D eigenvalue weighted by Crippen LogP contribution is -2.42. The fourth-order valence-corrected chi connectivity index (χ4v) is 4.20. The fraction of sp³-hybridized carbons (Fsp3) is 0.667. The van der Waals surface area contributed by atoms with Gasteiger partial charge in [0.25, 0.3) is 0 Å². The Morgan fingerprint density at radius 2 is 2.05 bits per heavy atom. The molecule has 1 aromatic heterocycles. The van der Waals surface area contributed by atoms with E-state index >= 15 is 0 Å². The van der Waals surface area contributed by atoms with Crippen molar-refractivity contribution in [3.63, 3.8) is 0 Å². The van der Waals surface area contributed by atoms with Gasteiger partial charge in [-0.15, -0.1) is 11.3 Å². The van der Waals surface area contributed by atoms with Crippen molar-refractivity contribution >= 4 is 22.9 Å². The van der Waals surface area contributed by atoms with Crippen LogP contribution in [-0.4, -0.2) is 6.18 Å². The summed E-state index contributed by atoms with van der Waals surface area (Å²) in [5.74, 6) is 3.65. The maximum Gasteiger partial charge on any atom is 0.392 e. The third-order valence-electron chi connectivity index (χ3n) is 3.77. The van der Waals surface area contributed by atoms with Gasteiger partial charge in [0.15, 0.2) is 0 Å². The van der Waals surface area contributed by atoms with E-state index in [9.17, 15) is 13.2 Å². The Kier molecular flexibility index (Phi) is 4.76. The highest BCUT2D eigenvalue weighted by Crippen LogP contribution is 2.48. The minimum atomic E-state index is -4.18. The maximum atomic E-state index is 13.1. The first-order chi connectivity index (χ1) is 8.95. The van der Waals surface area contributed by atoms with Gasteiger partial charge in [-0.1, -0.05) is 24.4 Å². The Balaban J connectivity index is 2.27. The molecule has 3 N–H and O–H groups in total. The molecule has 0 aliphatic heterocycles. The van der Waals surface area contributed by atoms with Crippen molar-refractivity contribution < 1.29 is 13.2 Å². The van der Waals surface area contributed by atoms with Crippen LogP contribution in [0.2, 0.25) is 5.02 Å². The Morgan fingerprint density at radius 1 is 1.37 bits per heavy atom. The van der Waals surface area contributed by atoms with Crippen LogP contribution >= 0.6 is 22.9 Å². The average Bonchev–Trinajstić information content (AvgIpc) is 2.76. The van der Waals surface area contributed by atoms with Crippen molar-refractivity contribution in [2.45, 2.75) is 37.9 Å². The van der Waals surface area contributed by atoms with Gasteiger partial charge in [0.05, 0.1) is 17.0 Å². The molecule has 3 atom stereocenters. The Bertz CT molecular complexity index is 421. The van der Waals surface area contributed by atoms with Crippen LogP contribution in [0.4, 0.5) is 13.2 Å². The van der Waals surface area contributed by atoms with Crippen molar-refractivity contribution in [1.82, 2.24) is 5.43 Å². The van der Waals surface area contributed by atoms with Crippen LogP contribution in [0.3, 0.4) is 0 Å². The van der Waals surface area contributed by atoms with Gasteiger partial charge in [-0.05, 0) is 30.2 Å². The normalized spacial score (nSPS) is 26.4. The number of nitrogens with two attached hydrogens (primary N) is 1. The molecular formula is C12H16ClF3N2S. The highest BCUT2D eigenvalue weighted by atomic mass is 35.5. The molecular weight excluding hydrogens is 297 g/mol. The van der Waals surface area contributed by atoms with Gasteiger partial charge >= 0.3 is 6.18 Å². The molecule has 1 aliphatic rings. The van der Waals surface area contributed by atoms with Gasteiger partial charge in [-0.25, -0.2) is 0 Å². The average molecular weight is 313 g/mol. The molecule has 2 rings (SSSR count). The molecule has 1 saturated carbocycles. The number of nitrogens with one attached hydrogen (secondary N) is 1. The fourth-order valence-electron chi connectivity index (χ4n) is 2.89. The Morgan fingerprint density at radius 3 is 2.58 bits per heavy atom. The summed E-state index contributed by atoms with van der Waals surface area (Å²) in [6.45, 7) is 0. The molecule has 0 radical (unpaired) electrons. The quantitative estimate of drug-likeness (QED) is 0.646. The predicted molar refractivity (Wildman–Crippen MR) is 70.9 cm³/mol. The van der Waals surface area contributed by atoms with Crippen molar-refractivity contribution in [2.24, 2.45) is 17.7 Å². The predicted octanol–water partition coefficient (Wildman–Crippen LogP) is 4.27. The summed E-state index contributed by atoms with van der Waals surface area (Å²) in [6, 6.07) is 1.16. The lowest BCUT2D eigenvalue weighted by Gasteiger charge is -2.37. The van der Waals surface area contributed by atoms with Crippen molar-refractivity contribution in [3.8, 4) is 0 Å². The molecule has 0 aromatic carbocycles. The summed E-state index contributed by atoms with van der Waals surface area (Å²) in [5.41, 5.74) is 2.54. The monoisotopic (exact) mass is 312 g/mol. The second kappa shape index (κ2) is 5.99. The lowest BCUT2D eigenvalue weighted by atomic mass is 9.74. The summed E-state index contributed by atoms with van der Waals surface area (Å²) in [5, 5.41) is 2.26. The van der Waals surface area contributed by atoms with E-state index in [0.29, 0.717) is 22.7 Å². The van der Waals surface area contributed by atoms with Gasteiger partial charge < -0.3 is 0 Å². The van der Waals surface area contributed by atoms with Crippen LogP contribution in [0.1, 0.15) is 36.6 Å². The SMILES string of the molecule is NNC(c1sccc1Cl)C1CCCCC1C(F)(F)F. The second-order valence-corrected chi connectivity index (χ2v) is 6.23. The molecule has 3 unspecified atom stereocenters. The summed E-state index contributed by atoms with van der Waals surface area (Å²) in [4.78, 5) is 0.699. The van der Waals surface area contributed by atoms with Gasteiger partial charge in [0.2, 0.25) is 0 Å². The van der Waals surface area contributed by atoms with E-state index < -0.39 is 24.1 Å². The number of hydrazine groups is 1. The zero-order chi connectivity index (χ0) is 14.0. The summed E-state index contributed by atoms with van der Waals surface area (Å²) in [7, 11) is 0. The molecule has 0 saturated heterocycles. The van der Waals surface area contributed by atoms with E-state index in [1.807, 2.05) is 0 Å². The molecule has 1 aliphatic carbocycles. The second-order valence-electron chi connectivity index (χ2n) is 4.87. The number of alkyl halides is 3. The molecule has 1 aromatic rings. The minimum absolute atomic E-state index is 0.176. The molecule has 0 amide bonds. The van der Waals surface area contributed by atoms with E-state index in [4.69, 9.17) is 17.4 Å². The van der Waals surface area contributed by atoms with E-state index in [1.54, 1.807) is 11.4 Å². The van der Waals surface area contributed by atoms with E-state index in [2.05, 4.69) is 5.43 Å². The third kappa shape index (κ3) is 3.24. The van der Waals surface area contributed by atoms with Crippen LogP contribution in [0.15, 0.2) is 11.4 Å². The maximum absolute atomic E-state index is 13.1. The van der Waals surface area contributed by atoms with Gasteiger partial charge in [-0.2, -0.15) is 13.2 Å². The molecule has 19 heavy (non-hydrogen) atoms. The molecule has 7 heteroatoms. The number of hydrogen-bond acceptors (Lipinski definition) is 3. The van der Waals surface area contributed by atoms with Gasteiger partial charge in [0, 0.05) is 4.88 Å². The van der Waals surface area contributed by atoms with Crippen LogP contribution in [0.5, 0.6) is 0 Å². The highest BCUT2D eigenvalue weighted by Gasteiger charge is 2.48. The first-order valence-electron chi connectivity index (χ1n) is 6.21. The van der Waals surface area contributed by atoms with Crippen molar-refractivity contribution in [1.29, 1.82) is 0 Å². The third-order valence-corrected chi connectivity index (χ3v) is 5.22. The first kappa shape index (κ1) is 15.1. The smallest absolute Gasteiger partial charge is 0.271 e. The van der Waals surface area contributed by atoms with Crippen LogP contribution in [0.25, 0.3) is 0 Å². The molecule has 1 fully saturated rings. The Hall–Kier alpha value is -0.300. The molecule has 0 bridgehead atoms. The summed E-state index contributed by atoms with van der Waals surface area (Å²) in [6.07, 6.45) is -2.05. The lowest BCUT2D eigenvalue weighted by molar-refractivity contribution is -0.199. The van der Waals surface area contributed by atoms with E-state index in [1.165, 1.54) is 11.3 Å². The topological polar surface area (TPSA) is 38.0 Å². The first-order valence-corrected chi connectivity index (χ1v) is 7.46. The minimum Gasteiger partial charge on any atom is -0.271 e.